The third kappa shape index (κ3) is 7.30. The maximum atomic E-state index is 14.3. The van der Waals surface area contributed by atoms with E-state index in [1.807, 2.05) is 39.0 Å². The van der Waals surface area contributed by atoms with Crippen molar-refractivity contribution in [3.63, 3.8) is 0 Å². The number of hydrogen-bond acceptors (Lipinski definition) is 9. The van der Waals surface area contributed by atoms with E-state index in [1.54, 1.807) is 24.4 Å². The van der Waals surface area contributed by atoms with E-state index >= 15 is 0 Å². The van der Waals surface area contributed by atoms with Gasteiger partial charge in [-0.25, -0.2) is 19.2 Å². The summed E-state index contributed by atoms with van der Waals surface area (Å²) in [5.41, 5.74) is 3.17. The van der Waals surface area contributed by atoms with Crippen LogP contribution >= 0.6 is 0 Å². The number of carbonyl (C=O) groups is 1. The van der Waals surface area contributed by atoms with Crippen LogP contribution in [0.4, 0.5) is 4.39 Å². The van der Waals surface area contributed by atoms with Gasteiger partial charge in [0.2, 0.25) is 5.88 Å². The Morgan fingerprint density at radius 2 is 1.91 bits per heavy atom. The molecule has 4 heterocycles. The Labute approximate surface area is 261 Å². The normalized spacial score (nSPS) is 17.5. The number of rotatable bonds is 9. The molecule has 2 aromatic heterocycles. The second-order valence-electron chi connectivity index (χ2n) is 12.7. The minimum atomic E-state index is -0.575. The first kappa shape index (κ1) is 30.6. The summed E-state index contributed by atoms with van der Waals surface area (Å²) in [5, 5.41) is 8.95. The zero-order chi connectivity index (χ0) is 31.6. The molecule has 2 aliphatic heterocycles. The van der Waals surface area contributed by atoms with Crippen molar-refractivity contribution >= 4 is 17.0 Å². The van der Waals surface area contributed by atoms with Gasteiger partial charge in [0.1, 0.15) is 23.8 Å². The lowest BCUT2D eigenvalue weighted by Crippen LogP contribution is -2.35. The van der Waals surface area contributed by atoms with Gasteiger partial charge in [-0.3, -0.25) is 9.88 Å². The molecule has 234 valence electrons. The highest BCUT2D eigenvalue weighted by atomic mass is 19.1. The first-order chi connectivity index (χ1) is 21.6. The fourth-order valence-electron chi connectivity index (χ4n) is 5.69. The predicted molar refractivity (Wildman–Crippen MR) is 164 cm³/mol. The van der Waals surface area contributed by atoms with E-state index in [9.17, 15) is 9.18 Å². The van der Waals surface area contributed by atoms with Gasteiger partial charge in [0, 0.05) is 24.3 Å². The summed E-state index contributed by atoms with van der Waals surface area (Å²) in [6.45, 7) is 9.45. The zero-order valence-corrected chi connectivity index (χ0v) is 25.8. The van der Waals surface area contributed by atoms with E-state index in [-0.39, 0.29) is 30.2 Å². The Bertz CT molecular complexity index is 1730. The highest BCUT2D eigenvalue weighted by Crippen LogP contribution is 2.30. The topological polar surface area (TPSA) is 115 Å². The average molecular weight is 613 g/mol. The fourth-order valence-corrected chi connectivity index (χ4v) is 5.69. The minimum Gasteiger partial charge on any atom is -0.472 e. The molecule has 0 spiro atoms. The van der Waals surface area contributed by atoms with Gasteiger partial charge < -0.3 is 18.8 Å². The SMILES string of the molecule is CC(C)(C)OC(=O)c1ccc2nc(CN3CCC(c4cncc(OCc5ccc(C#N)cc5F)n4)CC3)n(C[C@@H]3CCO3)c2c1. The Morgan fingerprint density at radius 1 is 1.11 bits per heavy atom. The molecular weight excluding hydrogens is 575 g/mol. The summed E-state index contributed by atoms with van der Waals surface area (Å²) in [6, 6.07) is 11.8. The van der Waals surface area contributed by atoms with Crippen LogP contribution in [0.3, 0.4) is 0 Å². The zero-order valence-electron chi connectivity index (χ0n) is 25.8. The molecular formula is C34H37FN6O4. The van der Waals surface area contributed by atoms with Crippen LogP contribution in [0.5, 0.6) is 5.88 Å². The number of likely N-dealkylation sites (tertiary alicyclic amines) is 1. The first-order valence-corrected chi connectivity index (χ1v) is 15.3. The van der Waals surface area contributed by atoms with Crippen molar-refractivity contribution in [3.8, 4) is 11.9 Å². The van der Waals surface area contributed by atoms with Crippen molar-refractivity contribution in [2.45, 2.75) is 77.4 Å². The molecule has 0 saturated carbocycles. The summed E-state index contributed by atoms with van der Waals surface area (Å²) < 4.78 is 33.6. The van der Waals surface area contributed by atoms with E-state index in [2.05, 4.69) is 19.4 Å². The van der Waals surface area contributed by atoms with Crippen LogP contribution in [-0.2, 0) is 29.2 Å². The number of nitriles is 1. The monoisotopic (exact) mass is 612 g/mol. The lowest BCUT2D eigenvalue weighted by atomic mass is 9.94. The Hall–Kier alpha value is -4.40. The Balaban J connectivity index is 1.11. The highest BCUT2D eigenvalue weighted by molar-refractivity contribution is 5.94. The number of hydrogen-bond donors (Lipinski definition) is 0. The number of aromatic nitrogens is 4. The smallest absolute Gasteiger partial charge is 0.338 e. The summed E-state index contributed by atoms with van der Waals surface area (Å²) >= 11 is 0. The predicted octanol–water partition coefficient (Wildman–Crippen LogP) is 5.54. The number of halogens is 1. The van der Waals surface area contributed by atoms with E-state index < -0.39 is 11.4 Å². The third-order valence-electron chi connectivity index (χ3n) is 8.20. The lowest BCUT2D eigenvalue weighted by Gasteiger charge is -2.32. The summed E-state index contributed by atoms with van der Waals surface area (Å²) in [4.78, 5) is 29.2. The second-order valence-corrected chi connectivity index (χ2v) is 12.7. The van der Waals surface area contributed by atoms with Crippen LogP contribution in [0.2, 0.25) is 0 Å². The van der Waals surface area contributed by atoms with E-state index in [0.29, 0.717) is 30.1 Å². The molecule has 0 radical (unpaired) electrons. The van der Waals surface area contributed by atoms with Crippen molar-refractivity contribution in [1.29, 1.82) is 5.26 Å². The van der Waals surface area contributed by atoms with Gasteiger partial charge in [0.25, 0.3) is 0 Å². The maximum Gasteiger partial charge on any atom is 0.338 e. The molecule has 45 heavy (non-hydrogen) atoms. The van der Waals surface area contributed by atoms with Gasteiger partial charge in [-0.2, -0.15) is 5.26 Å². The number of ether oxygens (including phenoxy) is 3. The Kier molecular flexibility index (Phi) is 8.79. The molecule has 11 heteroatoms. The van der Waals surface area contributed by atoms with Gasteiger partial charge in [0.05, 0.1) is 59.3 Å². The molecule has 0 aliphatic carbocycles. The van der Waals surface area contributed by atoms with Gasteiger partial charge >= 0.3 is 5.97 Å². The van der Waals surface area contributed by atoms with Gasteiger partial charge in [-0.05, 0) is 83.5 Å². The van der Waals surface area contributed by atoms with Gasteiger partial charge in [-0.15, -0.1) is 0 Å². The molecule has 10 nitrogen and oxygen atoms in total. The molecule has 2 aliphatic rings. The quantitative estimate of drug-likeness (QED) is 0.225. The van der Waals surface area contributed by atoms with Crippen molar-refractivity contribution < 1.29 is 23.4 Å². The molecule has 2 fully saturated rings. The van der Waals surface area contributed by atoms with Crippen LogP contribution in [0, 0.1) is 17.1 Å². The fraction of sp³-hybridized carbons (Fsp3) is 0.441. The maximum absolute atomic E-state index is 14.3. The molecule has 0 amide bonds. The van der Waals surface area contributed by atoms with Gasteiger partial charge in [0.15, 0.2) is 0 Å². The summed E-state index contributed by atoms with van der Waals surface area (Å²) in [5.74, 6) is 0.687. The van der Waals surface area contributed by atoms with Gasteiger partial charge in [-0.1, -0.05) is 6.07 Å². The molecule has 4 aromatic rings. The highest BCUT2D eigenvalue weighted by Gasteiger charge is 2.27. The van der Waals surface area contributed by atoms with Crippen LogP contribution < -0.4 is 4.74 Å². The Morgan fingerprint density at radius 3 is 2.60 bits per heavy atom. The molecule has 0 bridgehead atoms. The average Bonchev–Trinajstić information content (AvgIpc) is 3.33. The molecule has 0 unspecified atom stereocenters. The van der Waals surface area contributed by atoms with E-state index in [1.165, 1.54) is 12.3 Å². The number of piperidine rings is 1. The third-order valence-corrected chi connectivity index (χ3v) is 8.20. The minimum absolute atomic E-state index is 0.000282. The number of benzene rings is 2. The molecule has 2 saturated heterocycles. The van der Waals surface area contributed by atoms with Crippen molar-refractivity contribution in [2.24, 2.45) is 0 Å². The van der Waals surface area contributed by atoms with Crippen LogP contribution in [0.15, 0.2) is 48.8 Å². The van der Waals surface area contributed by atoms with Crippen LogP contribution in [0.25, 0.3) is 11.0 Å². The summed E-state index contributed by atoms with van der Waals surface area (Å²) in [7, 11) is 0. The number of fused-ring (bicyclic) bond motifs is 1. The van der Waals surface area contributed by atoms with E-state index in [4.69, 9.17) is 24.5 Å². The number of imidazole rings is 1. The number of carbonyl (C=O) groups excluding carboxylic acids is 1. The largest absolute Gasteiger partial charge is 0.472 e. The van der Waals surface area contributed by atoms with E-state index in [0.717, 1.165) is 61.5 Å². The summed E-state index contributed by atoms with van der Waals surface area (Å²) in [6.07, 6.45) is 6.25. The van der Waals surface area contributed by atoms with Crippen molar-refractivity contribution in [3.05, 3.63) is 82.8 Å². The molecule has 6 rings (SSSR count). The van der Waals surface area contributed by atoms with Crippen molar-refractivity contribution in [1.82, 2.24) is 24.4 Å². The molecule has 2 aromatic carbocycles. The van der Waals surface area contributed by atoms with Crippen LogP contribution in [-0.4, -0.2) is 61.8 Å². The lowest BCUT2D eigenvalue weighted by molar-refractivity contribution is -0.0592. The van der Waals surface area contributed by atoms with Crippen molar-refractivity contribution in [2.75, 3.05) is 19.7 Å². The number of esters is 1. The first-order valence-electron chi connectivity index (χ1n) is 15.3. The number of nitrogens with zero attached hydrogens (tertiary/aromatic N) is 6. The molecule has 1 atom stereocenters. The standard InChI is InChI=1S/C34H37FN6O4/c1-34(2,3)45-33(42)24-6-7-28-30(15-24)41(19-26-10-13-43-26)31(38-28)20-40-11-8-23(9-12-40)29-17-37-18-32(39-29)44-21-25-5-4-22(16-36)14-27(25)35/h4-7,14-15,17-18,23,26H,8-13,19-21H2,1-3H3/t26-/m0/s1. The second kappa shape index (κ2) is 12.9. The molecule has 0 N–H and O–H groups in total. The van der Waals surface area contributed by atoms with Crippen LogP contribution in [0.1, 0.15) is 79.0 Å².